The Morgan fingerprint density at radius 3 is 3.18 bits per heavy atom. The first kappa shape index (κ1) is 12.0. The van der Waals surface area contributed by atoms with E-state index in [0.29, 0.717) is 24.2 Å². The fraction of sp³-hybridized carbons (Fsp3) is 0.727. The van der Waals surface area contributed by atoms with Gasteiger partial charge < -0.3 is 14.0 Å². The Morgan fingerprint density at radius 2 is 2.47 bits per heavy atom. The molecule has 2 heterocycles. The van der Waals surface area contributed by atoms with Gasteiger partial charge in [-0.1, -0.05) is 5.16 Å². The minimum atomic E-state index is -0.341. The summed E-state index contributed by atoms with van der Waals surface area (Å²) in [5.41, 5.74) is 0. The van der Waals surface area contributed by atoms with Crippen LogP contribution in [0.2, 0.25) is 0 Å². The summed E-state index contributed by atoms with van der Waals surface area (Å²) in [6, 6.07) is 0. The van der Waals surface area contributed by atoms with Crippen LogP contribution in [-0.4, -0.2) is 35.9 Å². The average molecular weight is 240 g/mol. The molecule has 0 aromatic carbocycles. The van der Waals surface area contributed by atoms with Gasteiger partial charge in [-0.25, -0.2) is 0 Å². The molecule has 0 N–H and O–H groups in total. The zero-order valence-corrected chi connectivity index (χ0v) is 9.85. The molecule has 2 rings (SSSR count). The highest BCUT2D eigenvalue weighted by molar-refractivity contribution is 5.71. The Bertz CT molecular complexity index is 371. The van der Waals surface area contributed by atoms with Crippen molar-refractivity contribution in [3.63, 3.8) is 0 Å². The zero-order chi connectivity index (χ0) is 12.1. The van der Waals surface area contributed by atoms with Crippen LogP contribution in [0.15, 0.2) is 4.52 Å². The number of ether oxygens (including phenoxy) is 2. The zero-order valence-electron chi connectivity index (χ0n) is 9.85. The van der Waals surface area contributed by atoms with Crippen LogP contribution in [0.4, 0.5) is 0 Å². The number of esters is 1. The lowest BCUT2D eigenvalue weighted by Crippen LogP contribution is -2.08. The van der Waals surface area contributed by atoms with Crippen molar-refractivity contribution in [3.05, 3.63) is 11.7 Å². The summed E-state index contributed by atoms with van der Waals surface area (Å²) in [6.07, 6.45) is 1.82. The highest BCUT2D eigenvalue weighted by Gasteiger charge is 2.19. The second-order valence-corrected chi connectivity index (χ2v) is 4.02. The Kier molecular flexibility index (Phi) is 4.08. The number of carbonyl (C=O) groups excluding carboxylic acids is 1. The minimum Gasteiger partial charge on any atom is -0.466 e. The predicted molar refractivity (Wildman–Crippen MR) is 57.3 cm³/mol. The summed E-state index contributed by atoms with van der Waals surface area (Å²) < 4.78 is 15.1. The van der Waals surface area contributed by atoms with E-state index in [2.05, 4.69) is 10.1 Å². The first-order valence-electron chi connectivity index (χ1n) is 5.82. The normalized spacial score (nSPS) is 19.5. The first-order chi connectivity index (χ1) is 8.28. The van der Waals surface area contributed by atoms with Gasteiger partial charge in [-0.05, 0) is 19.3 Å². The summed E-state index contributed by atoms with van der Waals surface area (Å²) >= 11 is 0. The van der Waals surface area contributed by atoms with Gasteiger partial charge >= 0.3 is 5.97 Å². The lowest BCUT2D eigenvalue weighted by Gasteiger charge is -2.01. The van der Waals surface area contributed by atoms with Gasteiger partial charge in [0.2, 0.25) is 5.89 Å². The van der Waals surface area contributed by atoms with E-state index in [0.717, 1.165) is 26.1 Å². The number of hydrogen-bond donors (Lipinski definition) is 0. The maximum atomic E-state index is 11.2. The molecule has 0 saturated carbocycles. The summed E-state index contributed by atoms with van der Waals surface area (Å²) in [4.78, 5) is 15.4. The van der Waals surface area contributed by atoms with E-state index in [-0.39, 0.29) is 12.4 Å². The molecule has 1 aromatic rings. The molecule has 0 spiro atoms. The molecule has 1 aliphatic heterocycles. The second-order valence-electron chi connectivity index (χ2n) is 4.02. The van der Waals surface area contributed by atoms with Gasteiger partial charge in [0.25, 0.3) is 0 Å². The second kappa shape index (κ2) is 5.77. The molecule has 17 heavy (non-hydrogen) atoms. The number of rotatable bonds is 5. The van der Waals surface area contributed by atoms with Crippen LogP contribution < -0.4 is 0 Å². The van der Waals surface area contributed by atoms with Crippen LogP contribution >= 0.6 is 0 Å². The van der Waals surface area contributed by atoms with Crippen LogP contribution in [0.1, 0.15) is 25.1 Å². The predicted octanol–water partition coefficient (Wildman–Crippen LogP) is 0.754. The van der Waals surface area contributed by atoms with Gasteiger partial charge in [-0.15, -0.1) is 0 Å². The van der Waals surface area contributed by atoms with E-state index >= 15 is 0 Å². The molecule has 1 unspecified atom stereocenters. The largest absolute Gasteiger partial charge is 0.466 e. The van der Waals surface area contributed by atoms with Crippen molar-refractivity contribution in [1.29, 1.82) is 0 Å². The summed E-state index contributed by atoms with van der Waals surface area (Å²) in [6.45, 7) is 3.68. The number of nitrogens with zero attached hydrogens (tertiary/aromatic N) is 2. The molecule has 0 radical (unpaired) electrons. The van der Waals surface area contributed by atoms with Crippen molar-refractivity contribution in [2.24, 2.45) is 5.92 Å². The molecule has 1 aromatic heterocycles. The number of hydrogen-bond acceptors (Lipinski definition) is 6. The summed E-state index contributed by atoms with van der Waals surface area (Å²) in [5.74, 6) is 1.08. The maximum Gasteiger partial charge on any atom is 0.315 e. The molecule has 6 nitrogen and oxygen atoms in total. The molecule has 0 amide bonds. The molecular formula is C11H16N2O4. The van der Waals surface area contributed by atoms with Crippen LogP contribution in [0.3, 0.4) is 0 Å². The SMILES string of the molecule is CCOC(=O)Cc1nc(CC2CCOC2)no1. The summed E-state index contributed by atoms with van der Waals surface area (Å²) in [5, 5.41) is 3.84. The minimum absolute atomic E-state index is 0.0437. The van der Waals surface area contributed by atoms with Crippen molar-refractivity contribution in [3.8, 4) is 0 Å². The lowest BCUT2D eigenvalue weighted by molar-refractivity contribution is -0.142. The van der Waals surface area contributed by atoms with Crippen molar-refractivity contribution in [2.75, 3.05) is 19.8 Å². The standard InChI is InChI=1S/C11H16N2O4/c1-2-16-11(14)6-10-12-9(13-17-10)5-8-3-4-15-7-8/h8H,2-7H2,1H3. The molecule has 1 saturated heterocycles. The van der Waals surface area contributed by atoms with E-state index in [9.17, 15) is 4.79 Å². The Hall–Kier alpha value is -1.43. The molecular weight excluding hydrogens is 224 g/mol. The first-order valence-corrected chi connectivity index (χ1v) is 5.82. The van der Waals surface area contributed by atoms with Gasteiger partial charge in [0, 0.05) is 19.6 Å². The van der Waals surface area contributed by atoms with E-state index in [1.807, 2.05) is 0 Å². The summed E-state index contributed by atoms with van der Waals surface area (Å²) in [7, 11) is 0. The fourth-order valence-corrected chi connectivity index (χ4v) is 1.78. The smallest absolute Gasteiger partial charge is 0.315 e. The molecule has 1 atom stereocenters. The van der Waals surface area contributed by atoms with Crippen LogP contribution in [-0.2, 0) is 27.1 Å². The van der Waals surface area contributed by atoms with Gasteiger partial charge in [-0.2, -0.15) is 4.98 Å². The van der Waals surface area contributed by atoms with E-state index in [1.165, 1.54) is 0 Å². The highest BCUT2D eigenvalue weighted by Crippen LogP contribution is 2.16. The highest BCUT2D eigenvalue weighted by atomic mass is 16.5. The Labute approximate surface area is 99.3 Å². The third-order valence-corrected chi connectivity index (χ3v) is 2.61. The molecule has 1 aliphatic rings. The van der Waals surface area contributed by atoms with E-state index < -0.39 is 0 Å². The van der Waals surface area contributed by atoms with Gasteiger partial charge in [0.15, 0.2) is 5.82 Å². The van der Waals surface area contributed by atoms with Crippen LogP contribution in [0.5, 0.6) is 0 Å². The maximum absolute atomic E-state index is 11.2. The molecule has 6 heteroatoms. The number of carbonyl (C=O) groups is 1. The molecule has 0 bridgehead atoms. The molecule has 1 fully saturated rings. The van der Waals surface area contributed by atoms with E-state index in [4.69, 9.17) is 14.0 Å². The van der Waals surface area contributed by atoms with Crippen molar-refractivity contribution in [1.82, 2.24) is 10.1 Å². The third kappa shape index (κ3) is 3.52. The van der Waals surface area contributed by atoms with Crippen molar-refractivity contribution < 1.29 is 18.8 Å². The van der Waals surface area contributed by atoms with Gasteiger partial charge in [0.1, 0.15) is 6.42 Å². The quantitative estimate of drug-likeness (QED) is 0.707. The van der Waals surface area contributed by atoms with Crippen molar-refractivity contribution in [2.45, 2.75) is 26.2 Å². The Morgan fingerprint density at radius 1 is 1.59 bits per heavy atom. The van der Waals surface area contributed by atoms with Gasteiger partial charge in [0.05, 0.1) is 6.61 Å². The third-order valence-electron chi connectivity index (χ3n) is 2.61. The number of aromatic nitrogens is 2. The molecule has 94 valence electrons. The lowest BCUT2D eigenvalue weighted by atomic mass is 10.1. The average Bonchev–Trinajstić information content (AvgIpc) is 2.91. The topological polar surface area (TPSA) is 74.5 Å². The van der Waals surface area contributed by atoms with E-state index in [1.54, 1.807) is 6.92 Å². The Balaban J connectivity index is 1.84. The fourth-order valence-electron chi connectivity index (χ4n) is 1.78. The van der Waals surface area contributed by atoms with Crippen molar-refractivity contribution >= 4 is 5.97 Å². The van der Waals surface area contributed by atoms with Crippen LogP contribution in [0.25, 0.3) is 0 Å². The van der Waals surface area contributed by atoms with Crippen LogP contribution in [0, 0.1) is 5.92 Å². The monoisotopic (exact) mass is 240 g/mol. The molecule has 0 aliphatic carbocycles. The van der Waals surface area contributed by atoms with Gasteiger partial charge in [-0.3, -0.25) is 4.79 Å².